The third kappa shape index (κ3) is 5.96. The van der Waals surface area contributed by atoms with Gasteiger partial charge in [-0.1, -0.05) is 55.4 Å². The Morgan fingerprint density at radius 3 is 2.00 bits per heavy atom. The summed E-state index contributed by atoms with van der Waals surface area (Å²) < 4.78 is 54.2. The van der Waals surface area contributed by atoms with Crippen LogP contribution >= 0.6 is 0 Å². The Balaban J connectivity index is 2.45. The summed E-state index contributed by atoms with van der Waals surface area (Å²) in [6.07, 6.45) is 0.165. The maximum atomic E-state index is 11.7. The second-order valence-electron chi connectivity index (χ2n) is 10.7. The van der Waals surface area contributed by atoms with E-state index >= 15 is 0 Å². The molecular weight excluding hydrogens is 479 g/mol. The Labute approximate surface area is 204 Å². The zero-order valence-corrected chi connectivity index (χ0v) is 24.5. The molecule has 0 aromatic carbocycles. The van der Waals surface area contributed by atoms with Gasteiger partial charge in [-0.3, -0.25) is 4.18 Å². The first-order chi connectivity index (χ1) is 15.0. The maximum absolute atomic E-state index is 11.7. The molecule has 1 N–H and O–H groups in total. The molecule has 2 aliphatic rings. The van der Waals surface area contributed by atoms with Crippen molar-refractivity contribution in [2.45, 2.75) is 114 Å². The summed E-state index contributed by atoms with van der Waals surface area (Å²) in [4.78, 5) is 0. The largest absolute Gasteiger partial charge is 0.414 e. The summed E-state index contributed by atoms with van der Waals surface area (Å²) in [5, 5.41) is 11.7. The summed E-state index contributed by atoms with van der Waals surface area (Å²) in [6, 6.07) is -0.993. The van der Waals surface area contributed by atoms with Gasteiger partial charge in [-0.2, -0.15) is 8.42 Å². The number of aliphatic hydroxyl groups is 1. The molecule has 2 fully saturated rings. The van der Waals surface area contributed by atoms with Crippen LogP contribution in [0.4, 0.5) is 0 Å². The Morgan fingerprint density at radius 1 is 1.03 bits per heavy atom. The van der Waals surface area contributed by atoms with Crippen LogP contribution in [0.5, 0.6) is 0 Å². The summed E-state index contributed by atoms with van der Waals surface area (Å²) >= 11 is 0. The van der Waals surface area contributed by atoms with Gasteiger partial charge in [0.1, 0.15) is 25.7 Å². The highest BCUT2D eigenvalue weighted by atomic mass is 32.2. The van der Waals surface area contributed by atoms with E-state index in [1.807, 2.05) is 0 Å². The molecule has 2 aliphatic heterocycles. The lowest BCUT2D eigenvalue weighted by Crippen LogP contribution is -2.67. The van der Waals surface area contributed by atoms with Gasteiger partial charge >= 0.3 is 17.1 Å². The average molecular weight is 523 g/mol. The Bertz CT molecular complexity index is 747. The van der Waals surface area contributed by atoms with Crippen molar-refractivity contribution in [2.75, 3.05) is 19.5 Å². The molecule has 0 spiro atoms. The van der Waals surface area contributed by atoms with Crippen LogP contribution in [0.2, 0.25) is 22.2 Å². The molecule has 33 heavy (non-hydrogen) atoms. The molecule has 192 valence electrons. The molecule has 0 aromatic rings. The molecule has 0 aliphatic carbocycles. The summed E-state index contributed by atoms with van der Waals surface area (Å²) in [5.74, 6) is 0. The first kappa shape index (κ1) is 29.4. The van der Waals surface area contributed by atoms with Crippen LogP contribution in [-0.4, -0.2) is 81.8 Å². The van der Waals surface area contributed by atoms with Crippen LogP contribution in [0.15, 0.2) is 0 Å². The predicted octanol–water partition coefficient (Wildman–Crippen LogP) is 3.32. The van der Waals surface area contributed by atoms with E-state index in [0.717, 1.165) is 6.26 Å². The highest BCUT2D eigenvalue weighted by molar-refractivity contribution is 7.85. The van der Waals surface area contributed by atoms with Gasteiger partial charge in [-0.25, -0.2) is 0 Å². The number of ether oxygens (including phenoxy) is 1. The Kier molecular flexibility index (Phi) is 9.52. The highest BCUT2D eigenvalue weighted by Crippen LogP contribution is 2.49. The van der Waals surface area contributed by atoms with Gasteiger partial charge in [-0.15, -0.1) is 0 Å². The highest BCUT2D eigenvalue weighted by Gasteiger charge is 2.64. The minimum absolute atomic E-state index is 0.0497. The van der Waals surface area contributed by atoms with Crippen LogP contribution in [0.25, 0.3) is 0 Å². The van der Waals surface area contributed by atoms with Crippen molar-refractivity contribution in [3.8, 4) is 0 Å². The lowest BCUT2D eigenvalue weighted by atomic mass is 9.77. The second-order valence-corrected chi connectivity index (χ2v) is 21.2. The van der Waals surface area contributed by atoms with Crippen molar-refractivity contribution in [3.63, 3.8) is 0 Å². The molecule has 0 amide bonds. The molecule has 2 rings (SSSR count). The Hall–Kier alpha value is 0.209. The number of fused-ring (bicyclic) bond motifs is 1. The lowest BCUT2D eigenvalue weighted by molar-refractivity contribution is -0.0752. The fourth-order valence-corrected chi connectivity index (χ4v) is 16.8. The first-order valence-electron chi connectivity index (χ1n) is 12.0. The monoisotopic (exact) mass is 522 g/mol. The Morgan fingerprint density at radius 2 is 1.55 bits per heavy atom. The molecule has 2 unspecified atom stereocenters. The first-order valence-corrected chi connectivity index (χ1v) is 17.8. The molecule has 12 heteroatoms. The van der Waals surface area contributed by atoms with Crippen LogP contribution in [-0.2, 0) is 32.0 Å². The fraction of sp³-hybridized carbons (Fsp3) is 1.00. The molecule has 2 radical (unpaired) electrons. The number of hydrogen-bond donors (Lipinski definition) is 1. The van der Waals surface area contributed by atoms with Gasteiger partial charge in [0.05, 0.1) is 19.5 Å². The lowest BCUT2D eigenvalue weighted by Gasteiger charge is -2.52. The van der Waals surface area contributed by atoms with E-state index in [1.54, 1.807) is 0 Å². The maximum Gasteiger partial charge on any atom is 0.335 e. The van der Waals surface area contributed by atoms with Crippen molar-refractivity contribution >= 4 is 35.1 Å². The van der Waals surface area contributed by atoms with Gasteiger partial charge in [0, 0.05) is 6.00 Å². The quantitative estimate of drug-likeness (QED) is 0.280. The molecule has 4 atom stereocenters. The van der Waals surface area contributed by atoms with Crippen molar-refractivity contribution in [1.82, 2.24) is 0 Å². The second kappa shape index (κ2) is 10.7. The van der Waals surface area contributed by atoms with Crippen molar-refractivity contribution in [3.05, 3.63) is 0 Å². The zero-order valence-electron chi connectivity index (χ0n) is 21.7. The topological polar surface area (TPSA) is 101 Å². The van der Waals surface area contributed by atoms with Crippen molar-refractivity contribution in [2.24, 2.45) is 0 Å². The summed E-state index contributed by atoms with van der Waals surface area (Å²) in [7, 11) is -2.93. The SMILES string of the molecule is [B]C1OC2CO[Si](C(C)C)(C(C)C)O[Si](C(C)C)(C(C)C)O[C@H]2[C@]1(O)CCCOS(C)(=O)=O. The minimum Gasteiger partial charge on any atom is -0.414 e. The van der Waals surface area contributed by atoms with Crippen LogP contribution in [0, 0.1) is 0 Å². The smallest absolute Gasteiger partial charge is 0.335 e. The predicted molar refractivity (Wildman–Crippen MR) is 133 cm³/mol. The summed E-state index contributed by atoms with van der Waals surface area (Å²) in [5.41, 5.74) is -0.927. The molecular formula is C21H43BO8SSi2. The molecule has 0 aromatic heterocycles. The van der Waals surface area contributed by atoms with E-state index in [9.17, 15) is 13.5 Å². The van der Waals surface area contributed by atoms with Gasteiger partial charge in [0.15, 0.2) is 0 Å². The molecule has 8 nitrogen and oxygen atoms in total. The van der Waals surface area contributed by atoms with Gasteiger partial charge in [-0.05, 0) is 35.0 Å². The average Bonchev–Trinajstić information content (AvgIpc) is 2.87. The van der Waals surface area contributed by atoms with Crippen molar-refractivity contribution < 1.29 is 35.4 Å². The normalized spacial score (nSPS) is 32.4. The van der Waals surface area contributed by atoms with Gasteiger partial charge in [0.25, 0.3) is 10.1 Å². The zero-order chi connectivity index (χ0) is 25.4. The minimum atomic E-state index is -3.56. The van der Waals surface area contributed by atoms with E-state index in [0.29, 0.717) is 0 Å². The van der Waals surface area contributed by atoms with E-state index in [2.05, 4.69) is 55.4 Å². The van der Waals surface area contributed by atoms with E-state index in [4.69, 9.17) is 29.7 Å². The molecule has 0 bridgehead atoms. The van der Waals surface area contributed by atoms with Crippen LogP contribution in [0.3, 0.4) is 0 Å². The third-order valence-corrected chi connectivity index (χ3v) is 17.8. The fourth-order valence-electron chi connectivity index (χ4n) is 5.14. The summed E-state index contributed by atoms with van der Waals surface area (Å²) in [6.45, 7) is 17.2. The van der Waals surface area contributed by atoms with E-state index in [1.165, 1.54) is 0 Å². The van der Waals surface area contributed by atoms with Gasteiger partial charge < -0.3 is 22.8 Å². The van der Waals surface area contributed by atoms with Gasteiger partial charge in [0.2, 0.25) is 0 Å². The van der Waals surface area contributed by atoms with Crippen LogP contribution in [0.1, 0.15) is 68.2 Å². The van der Waals surface area contributed by atoms with Crippen molar-refractivity contribution in [1.29, 1.82) is 0 Å². The van der Waals surface area contributed by atoms with E-state index < -0.39 is 51.1 Å². The number of hydrogen-bond acceptors (Lipinski definition) is 8. The number of rotatable bonds is 9. The van der Waals surface area contributed by atoms with E-state index in [-0.39, 0.29) is 48.2 Å². The standard InChI is InChI=1S/C21H43BO8SSi2/c1-14(2)32(15(3)4)27-13-18-19(29-33(30-32,16(5)6)17(7)8)21(23,20(22)28-18)11-10-12-26-31(9,24)25/h14-20,23H,10-13H2,1-9H3/t18?,19-,20?,21-/m1/s1. The molecule has 0 saturated carbocycles. The third-order valence-electron chi connectivity index (χ3n) is 6.99. The molecule has 2 saturated heterocycles. The molecule has 2 heterocycles. The van der Waals surface area contributed by atoms with Crippen LogP contribution < -0.4 is 0 Å².